The summed E-state index contributed by atoms with van der Waals surface area (Å²) in [5, 5.41) is 0. The van der Waals surface area contributed by atoms with Crippen LogP contribution in [-0.4, -0.2) is 25.3 Å². The third kappa shape index (κ3) is 2.95. The molecule has 0 saturated carbocycles. The first-order valence-electron chi connectivity index (χ1n) is 7.16. The van der Waals surface area contributed by atoms with Crippen molar-refractivity contribution in [3.05, 3.63) is 27.7 Å². The Labute approximate surface area is 130 Å². The van der Waals surface area contributed by atoms with Crippen LogP contribution in [0.1, 0.15) is 43.7 Å². The third-order valence-corrected chi connectivity index (χ3v) is 7.04. The molecule has 20 heavy (non-hydrogen) atoms. The van der Waals surface area contributed by atoms with Gasteiger partial charge < -0.3 is 0 Å². The molecule has 5 heteroatoms. The molecule has 0 aromatic heterocycles. The number of aryl methyl sites for hydroxylation is 2. The van der Waals surface area contributed by atoms with E-state index in [1.54, 1.807) is 10.4 Å². The van der Waals surface area contributed by atoms with E-state index in [9.17, 15) is 8.42 Å². The van der Waals surface area contributed by atoms with Crippen molar-refractivity contribution < 1.29 is 8.42 Å². The lowest BCUT2D eigenvalue weighted by Crippen LogP contribution is -2.43. The van der Waals surface area contributed by atoms with Gasteiger partial charge in [0.05, 0.1) is 4.90 Å². The van der Waals surface area contributed by atoms with Crippen LogP contribution in [0.25, 0.3) is 0 Å². The monoisotopic (exact) mass is 359 g/mol. The molecular formula is C15H22BrNO2S. The average Bonchev–Trinajstić information content (AvgIpc) is 2.42. The fourth-order valence-corrected chi connectivity index (χ4v) is 5.41. The van der Waals surface area contributed by atoms with Gasteiger partial charge in [-0.25, -0.2) is 8.42 Å². The Hall–Kier alpha value is -0.390. The lowest BCUT2D eigenvalue weighted by molar-refractivity contribution is 0.246. The maximum atomic E-state index is 12.9. The molecule has 1 aliphatic rings. The fraction of sp³-hybridized carbons (Fsp3) is 0.600. The normalized spacial score (nSPS) is 21.1. The van der Waals surface area contributed by atoms with Gasteiger partial charge in [0.2, 0.25) is 10.0 Å². The largest absolute Gasteiger partial charge is 0.243 e. The van der Waals surface area contributed by atoms with Crippen LogP contribution < -0.4 is 0 Å². The number of rotatable bonds is 3. The second-order valence-electron chi connectivity index (χ2n) is 5.54. The van der Waals surface area contributed by atoms with Crippen LogP contribution in [0.5, 0.6) is 0 Å². The van der Waals surface area contributed by atoms with Crippen LogP contribution in [0.3, 0.4) is 0 Å². The van der Waals surface area contributed by atoms with Crippen molar-refractivity contribution in [3.8, 4) is 0 Å². The van der Waals surface area contributed by atoms with Gasteiger partial charge >= 0.3 is 0 Å². The quantitative estimate of drug-likeness (QED) is 0.817. The van der Waals surface area contributed by atoms with Crippen LogP contribution in [-0.2, 0) is 10.0 Å². The molecule has 1 heterocycles. The Morgan fingerprint density at radius 2 is 1.95 bits per heavy atom. The zero-order valence-corrected chi connectivity index (χ0v) is 14.7. The minimum absolute atomic E-state index is 0.147. The lowest BCUT2D eigenvalue weighted by atomic mass is 10.0. The van der Waals surface area contributed by atoms with Crippen molar-refractivity contribution in [1.29, 1.82) is 0 Å². The lowest BCUT2D eigenvalue weighted by Gasteiger charge is -2.34. The minimum atomic E-state index is -3.39. The van der Waals surface area contributed by atoms with Gasteiger partial charge in [0.1, 0.15) is 0 Å². The number of benzene rings is 1. The van der Waals surface area contributed by atoms with Crippen molar-refractivity contribution in [2.45, 2.75) is 57.4 Å². The highest BCUT2D eigenvalue weighted by atomic mass is 79.9. The number of nitrogens with zero attached hydrogens (tertiary/aromatic N) is 1. The molecule has 0 bridgehead atoms. The number of halogens is 1. The Balaban J connectivity index is 2.46. The Bertz CT molecular complexity index is 598. The zero-order chi connectivity index (χ0) is 14.9. The maximum Gasteiger partial charge on any atom is 0.243 e. The summed E-state index contributed by atoms with van der Waals surface area (Å²) in [6.07, 6.45) is 3.94. The van der Waals surface area contributed by atoms with Gasteiger partial charge in [-0.1, -0.05) is 35.3 Å². The SMILES string of the molecule is CC[C@@H]1CCCCN1S(=O)(=O)c1cc(Br)c(C)cc1C. The molecule has 1 aromatic rings. The summed E-state index contributed by atoms with van der Waals surface area (Å²) in [6.45, 7) is 6.56. The van der Waals surface area contributed by atoms with E-state index in [1.807, 2.05) is 19.9 Å². The number of hydrogen-bond donors (Lipinski definition) is 0. The number of hydrogen-bond acceptors (Lipinski definition) is 2. The second-order valence-corrected chi connectivity index (χ2v) is 8.25. The molecule has 0 N–H and O–H groups in total. The molecule has 1 saturated heterocycles. The first-order valence-corrected chi connectivity index (χ1v) is 9.39. The van der Waals surface area contributed by atoms with Crippen molar-refractivity contribution in [2.24, 2.45) is 0 Å². The Morgan fingerprint density at radius 1 is 1.25 bits per heavy atom. The minimum Gasteiger partial charge on any atom is -0.207 e. The Kier molecular flexibility index (Phi) is 4.92. The molecule has 0 amide bonds. The fourth-order valence-electron chi connectivity index (χ4n) is 2.91. The predicted octanol–water partition coefficient (Wildman–Crippen LogP) is 4.02. The van der Waals surface area contributed by atoms with Crippen LogP contribution in [0.2, 0.25) is 0 Å². The van der Waals surface area contributed by atoms with Crippen LogP contribution >= 0.6 is 15.9 Å². The number of piperidine rings is 1. The van der Waals surface area contributed by atoms with Crippen LogP contribution in [0.4, 0.5) is 0 Å². The number of sulfonamides is 1. The Morgan fingerprint density at radius 3 is 2.60 bits per heavy atom. The van der Waals surface area contributed by atoms with Crippen molar-refractivity contribution in [2.75, 3.05) is 6.54 Å². The summed E-state index contributed by atoms with van der Waals surface area (Å²) in [6, 6.07) is 3.83. The van der Waals surface area contributed by atoms with Gasteiger partial charge in [0.25, 0.3) is 0 Å². The van der Waals surface area contributed by atoms with Gasteiger partial charge in [0.15, 0.2) is 0 Å². The molecule has 112 valence electrons. The van der Waals surface area contributed by atoms with E-state index in [0.29, 0.717) is 11.4 Å². The highest BCUT2D eigenvalue weighted by molar-refractivity contribution is 9.10. The van der Waals surface area contributed by atoms with Gasteiger partial charge in [0, 0.05) is 17.1 Å². The van der Waals surface area contributed by atoms with Gasteiger partial charge in [-0.2, -0.15) is 4.31 Å². The van der Waals surface area contributed by atoms with Crippen molar-refractivity contribution in [3.63, 3.8) is 0 Å². The topological polar surface area (TPSA) is 37.4 Å². The van der Waals surface area contributed by atoms with Crippen LogP contribution in [0.15, 0.2) is 21.5 Å². The molecule has 2 rings (SSSR count). The van der Waals surface area contributed by atoms with Crippen molar-refractivity contribution in [1.82, 2.24) is 4.31 Å². The molecule has 1 fully saturated rings. The molecule has 0 unspecified atom stereocenters. The van der Waals surface area contributed by atoms with E-state index >= 15 is 0 Å². The summed E-state index contributed by atoms with van der Waals surface area (Å²) in [4.78, 5) is 0.440. The van der Waals surface area contributed by atoms with E-state index < -0.39 is 10.0 Å². The highest BCUT2D eigenvalue weighted by Gasteiger charge is 2.33. The standard InChI is InChI=1S/C15H22BrNO2S/c1-4-13-7-5-6-8-17(13)20(18,19)15-10-14(16)11(2)9-12(15)3/h9-10,13H,4-8H2,1-3H3/t13-/m1/s1. The average molecular weight is 360 g/mol. The maximum absolute atomic E-state index is 12.9. The summed E-state index contributed by atoms with van der Waals surface area (Å²) in [5.74, 6) is 0. The second kappa shape index (κ2) is 6.16. The summed E-state index contributed by atoms with van der Waals surface area (Å²) >= 11 is 3.45. The summed E-state index contributed by atoms with van der Waals surface area (Å²) < 4.78 is 28.5. The molecule has 1 aliphatic heterocycles. The first kappa shape index (κ1) is 16.0. The third-order valence-electron chi connectivity index (χ3n) is 4.09. The van der Waals surface area contributed by atoms with Crippen molar-refractivity contribution >= 4 is 26.0 Å². The van der Waals surface area contributed by atoms with E-state index in [2.05, 4.69) is 22.9 Å². The molecule has 0 radical (unpaired) electrons. The molecule has 1 aromatic carbocycles. The summed E-state index contributed by atoms with van der Waals surface area (Å²) in [5.41, 5.74) is 1.89. The smallest absolute Gasteiger partial charge is 0.207 e. The van der Waals surface area contributed by atoms with Crippen LogP contribution in [0, 0.1) is 13.8 Å². The first-order chi connectivity index (χ1) is 9.37. The molecule has 0 spiro atoms. The predicted molar refractivity (Wildman–Crippen MR) is 85.4 cm³/mol. The van der Waals surface area contributed by atoms with Gasteiger partial charge in [-0.05, 0) is 50.3 Å². The zero-order valence-electron chi connectivity index (χ0n) is 12.3. The van der Waals surface area contributed by atoms with E-state index in [-0.39, 0.29) is 6.04 Å². The van der Waals surface area contributed by atoms with E-state index in [1.165, 1.54) is 0 Å². The van der Waals surface area contributed by atoms with Gasteiger partial charge in [-0.15, -0.1) is 0 Å². The molecule has 0 aliphatic carbocycles. The van der Waals surface area contributed by atoms with E-state index in [0.717, 1.165) is 41.3 Å². The highest BCUT2D eigenvalue weighted by Crippen LogP contribution is 2.31. The molecule has 1 atom stereocenters. The molecular weight excluding hydrogens is 338 g/mol. The van der Waals surface area contributed by atoms with Gasteiger partial charge in [-0.3, -0.25) is 0 Å². The molecule has 3 nitrogen and oxygen atoms in total. The summed E-state index contributed by atoms with van der Waals surface area (Å²) in [7, 11) is -3.39. The van der Waals surface area contributed by atoms with E-state index in [4.69, 9.17) is 0 Å².